The highest BCUT2D eigenvalue weighted by atomic mass is 79.9. The van der Waals surface area contributed by atoms with Gasteiger partial charge in [-0.15, -0.1) is 0 Å². The number of morpholine rings is 1. The Morgan fingerprint density at radius 3 is 2.12 bits per heavy atom. The second kappa shape index (κ2) is 8.79. The van der Waals surface area contributed by atoms with E-state index >= 15 is 0 Å². The number of rotatable bonds is 4. The summed E-state index contributed by atoms with van der Waals surface area (Å²) in [5.41, 5.74) is -0.208. The van der Waals surface area contributed by atoms with Gasteiger partial charge in [0.05, 0.1) is 19.8 Å². The molecule has 3 heterocycles. The van der Waals surface area contributed by atoms with Gasteiger partial charge in [0.15, 0.2) is 0 Å². The summed E-state index contributed by atoms with van der Waals surface area (Å²) in [5, 5.41) is 0. The van der Waals surface area contributed by atoms with Gasteiger partial charge in [0.25, 0.3) is 5.56 Å². The number of ether oxygens (including phenoxy) is 1. The first-order chi connectivity index (χ1) is 12.5. The Bertz CT molecular complexity index is 709. The van der Waals surface area contributed by atoms with Crippen LogP contribution >= 0.6 is 15.9 Å². The van der Waals surface area contributed by atoms with E-state index in [1.807, 2.05) is 4.90 Å². The van der Waals surface area contributed by atoms with Crippen LogP contribution in [0.3, 0.4) is 0 Å². The highest BCUT2D eigenvalue weighted by Crippen LogP contribution is 2.08. The number of piperazine rings is 1. The standard InChI is InChI=1S/C17H23BrN4O4/c18-14-1-2-15(23)22(11-14)13-17(25)21-5-3-20(4-6-21)16(24)12-19-7-9-26-10-8-19/h1-2,11H,3-10,12-13H2. The summed E-state index contributed by atoms with van der Waals surface area (Å²) in [6, 6.07) is 3.09. The summed E-state index contributed by atoms with van der Waals surface area (Å²) in [6.07, 6.45) is 1.61. The van der Waals surface area contributed by atoms with E-state index in [0.717, 1.165) is 17.6 Å². The molecule has 142 valence electrons. The van der Waals surface area contributed by atoms with E-state index in [1.54, 1.807) is 17.2 Å². The van der Waals surface area contributed by atoms with Gasteiger partial charge in [0.2, 0.25) is 11.8 Å². The quantitative estimate of drug-likeness (QED) is 0.655. The van der Waals surface area contributed by atoms with Crippen molar-refractivity contribution >= 4 is 27.7 Å². The van der Waals surface area contributed by atoms with E-state index in [4.69, 9.17) is 4.74 Å². The van der Waals surface area contributed by atoms with Crippen molar-refractivity contribution in [1.29, 1.82) is 0 Å². The first-order valence-corrected chi connectivity index (χ1v) is 9.54. The number of carbonyl (C=O) groups excluding carboxylic acids is 2. The largest absolute Gasteiger partial charge is 0.379 e. The molecule has 0 aliphatic carbocycles. The average molecular weight is 427 g/mol. The molecule has 0 spiro atoms. The Hall–Kier alpha value is -1.71. The second-order valence-corrected chi connectivity index (χ2v) is 7.38. The van der Waals surface area contributed by atoms with Crippen LogP contribution < -0.4 is 5.56 Å². The molecule has 1 aromatic heterocycles. The normalized spacial score (nSPS) is 18.8. The van der Waals surface area contributed by atoms with Gasteiger partial charge in [-0.25, -0.2) is 0 Å². The van der Waals surface area contributed by atoms with Gasteiger partial charge in [-0.2, -0.15) is 0 Å². The Balaban J connectivity index is 1.48. The maximum Gasteiger partial charge on any atom is 0.251 e. The molecule has 0 bridgehead atoms. The van der Waals surface area contributed by atoms with Gasteiger partial charge in [-0.3, -0.25) is 19.3 Å². The summed E-state index contributed by atoms with van der Waals surface area (Å²) >= 11 is 3.31. The van der Waals surface area contributed by atoms with Gasteiger partial charge in [0, 0.05) is 56.0 Å². The molecule has 2 fully saturated rings. The minimum absolute atomic E-state index is 0.0139. The summed E-state index contributed by atoms with van der Waals surface area (Å²) in [6.45, 7) is 5.38. The van der Waals surface area contributed by atoms with Gasteiger partial charge in [-0.1, -0.05) is 0 Å². The van der Waals surface area contributed by atoms with E-state index in [9.17, 15) is 14.4 Å². The van der Waals surface area contributed by atoms with Crippen LogP contribution in [-0.2, 0) is 20.9 Å². The minimum atomic E-state index is -0.208. The summed E-state index contributed by atoms with van der Waals surface area (Å²) in [7, 11) is 0. The zero-order valence-electron chi connectivity index (χ0n) is 14.6. The smallest absolute Gasteiger partial charge is 0.251 e. The molecule has 1 aromatic rings. The third-order valence-electron chi connectivity index (χ3n) is 4.70. The molecular weight excluding hydrogens is 404 g/mol. The lowest BCUT2D eigenvalue weighted by atomic mass is 10.3. The van der Waals surface area contributed by atoms with Crippen LogP contribution in [0.1, 0.15) is 0 Å². The lowest BCUT2D eigenvalue weighted by Gasteiger charge is -2.36. The Kier molecular flexibility index (Phi) is 6.44. The monoisotopic (exact) mass is 426 g/mol. The third-order valence-corrected chi connectivity index (χ3v) is 5.17. The molecule has 0 atom stereocenters. The molecule has 0 aromatic carbocycles. The zero-order chi connectivity index (χ0) is 18.5. The molecule has 2 aliphatic rings. The molecule has 8 nitrogen and oxygen atoms in total. The number of pyridine rings is 1. The second-order valence-electron chi connectivity index (χ2n) is 6.46. The van der Waals surface area contributed by atoms with E-state index in [0.29, 0.717) is 45.9 Å². The van der Waals surface area contributed by atoms with Crippen LogP contribution in [0.5, 0.6) is 0 Å². The lowest BCUT2D eigenvalue weighted by molar-refractivity contribution is -0.141. The average Bonchev–Trinajstić information content (AvgIpc) is 2.65. The fourth-order valence-electron chi connectivity index (χ4n) is 3.13. The lowest BCUT2D eigenvalue weighted by Crippen LogP contribution is -2.54. The molecule has 0 saturated carbocycles. The summed E-state index contributed by atoms with van der Waals surface area (Å²) in [5.74, 6) is -0.00677. The highest BCUT2D eigenvalue weighted by Gasteiger charge is 2.25. The van der Waals surface area contributed by atoms with Crippen molar-refractivity contribution in [1.82, 2.24) is 19.3 Å². The fourth-order valence-corrected chi connectivity index (χ4v) is 3.51. The van der Waals surface area contributed by atoms with Gasteiger partial charge in [-0.05, 0) is 22.0 Å². The zero-order valence-corrected chi connectivity index (χ0v) is 16.2. The van der Waals surface area contributed by atoms with Crippen LogP contribution in [0.15, 0.2) is 27.6 Å². The van der Waals surface area contributed by atoms with E-state index in [1.165, 1.54) is 10.6 Å². The topological polar surface area (TPSA) is 75.1 Å². The van der Waals surface area contributed by atoms with Gasteiger partial charge < -0.3 is 19.1 Å². The van der Waals surface area contributed by atoms with Crippen molar-refractivity contribution in [3.05, 3.63) is 33.2 Å². The summed E-state index contributed by atoms with van der Waals surface area (Å²) < 4.78 is 7.44. The number of hydrogen-bond acceptors (Lipinski definition) is 5. The molecule has 26 heavy (non-hydrogen) atoms. The predicted octanol–water partition coefficient (Wildman–Crippen LogP) is -0.386. The maximum absolute atomic E-state index is 12.4. The van der Waals surface area contributed by atoms with Crippen LogP contribution in [0.25, 0.3) is 0 Å². The molecule has 0 radical (unpaired) electrons. The van der Waals surface area contributed by atoms with Crippen molar-refractivity contribution < 1.29 is 14.3 Å². The highest BCUT2D eigenvalue weighted by molar-refractivity contribution is 9.10. The van der Waals surface area contributed by atoms with E-state index < -0.39 is 0 Å². The Labute approximate surface area is 160 Å². The van der Waals surface area contributed by atoms with E-state index in [2.05, 4.69) is 20.8 Å². The van der Waals surface area contributed by atoms with Crippen LogP contribution in [0, 0.1) is 0 Å². The number of amides is 2. The maximum atomic E-state index is 12.4. The number of aromatic nitrogens is 1. The fraction of sp³-hybridized carbons (Fsp3) is 0.588. The van der Waals surface area contributed by atoms with E-state index in [-0.39, 0.29) is 23.9 Å². The number of carbonyl (C=O) groups is 2. The van der Waals surface area contributed by atoms with Gasteiger partial charge >= 0.3 is 0 Å². The molecule has 2 amide bonds. The number of hydrogen-bond donors (Lipinski definition) is 0. The van der Waals surface area contributed by atoms with Crippen LogP contribution in [-0.4, -0.2) is 90.1 Å². The van der Waals surface area contributed by atoms with Crippen LogP contribution in [0.4, 0.5) is 0 Å². The first kappa shape index (κ1) is 19.1. The molecule has 0 N–H and O–H groups in total. The molecule has 2 aliphatic heterocycles. The molecule has 3 rings (SSSR count). The molecule has 2 saturated heterocycles. The Morgan fingerprint density at radius 2 is 1.50 bits per heavy atom. The van der Waals surface area contributed by atoms with Crippen molar-refractivity contribution in [2.45, 2.75) is 6.54 Å². The van der Waals surface area contributed by atoms with Crippen molar-refractivity contribution in [2.75, 3.05) is 59.0 Å². The van der Waals surface area contributed by atoms with Crippen molar-refractivity contribution in [2.24, 2.45) is 0 Å². The predicted molar refractivity (Wildman–Crippen MR) is 98.8 cm³/mol. The summed E-state index contributed by atoms with van der Waals surface area (Å²) in [4.78, 5) is 42.3. The molecule has 0 unspecified atom stereocenters. The first-order valence-electron chi connectivity index (χ1n) is 8.74. The van der Waals surface area contributed by atoms with Crippen molar-refractivity contribution in [3.63, 3.8) is 0 Å². The van der Waals surface area contributed by atoms with Crippen molar-refractivity contribution in [3.8, 4) is 0 Å². The number of nitrogens with zero attached hydrogens (tertiary/aromatic N) is 4. The molecule has 9 heteroatoms. The molecular formula is C17H23BrN4O4. The van der Waals surface area contributed by atoms with Crippen LogP contribution in [0.2, 0.25) is 0 Å². The number of halogens is 1. The minimum Gasteiger partial charge on any atom is -0.379 e. The SMILES string of the molecule is O=C(CN1CCOCC1)N1CCN(C(=O)Cn2cc(Br)ccc2=O)CC1. The van der Waals surface area contributed by atoms with Gasteiger partial charge in [0.1, 0.15) is 6.54 Å². The third kappa shape index (κ3) is 4.93. The Morgan fingerprint density at radius 1 is 0.923 bits per heavy atom.